The lowest BCUT2D eigenvalue weighted by molar-refractivity contribution is 0.0265. The van der Waals surface area contributed by atoms with E-state index >= 15 is 0 Å². The molecule has 178 valence electrons. The van der Waals surface area contributed by atoms with Crippen molar-refractivity contribution < 1.29 is 9.53 Å². The second-order valence-electron chi connectivity index (χ2n) is 9.95. The van der Waals surface area contributed by atoms with Gasteiger partial charge >= 0.3 is 6.09 Å². The summed E-state index contributed by atoms with van der Waals surface area (Å²) in [4.78, 5) is 18.7. The van der Waals surface area contributed by atoms with Gasteiger partial charge in [0.15, 0.2) is 0 Å². The van der Waals surface area contributed by atoms with E-state index in [9.17, 15) is 4.79 Å². The number of fused-ring (bicyclic) bond motifs is 2. The highest BCUT2D eigenvalue weighted by atomic mass is 16.6. The van der Waals surface area contributed by atoms with Gasteiger partial charge in [0.05, 0.1) is 11.6 Å². The van der Waals surface area contributed by atoms with Gasteiger partial charge in [-0.1, -0.05) is 13.0 Å². The molecule has 4 heterocycles. The SMILES string of the molecule is CCc1[nH]nc2ccc(Nc3ccnc4c3CC(C3=CCN(C(=O)OC(C)(C)C)CC3)N4)cc12. The van der Waals surface area contributed by atoms with Gasteiger partial charge in [-0.05, 0) is 63.5 Å². The summed E-state index contributed by atoms with van der Waals surface area (Å²) in [6, 6.07) is 8.47. The van der Waals surface area contributed by atoms with Crippen LogP contribution in [0.4, 0.5) is 22.0 Å². The highest BCUT2D eigenvalue weighted by Crippen LogP contribution is 2.36. The molecular formula is C26H32N6O2. The Labute approximate surface area is 199 Å². The number of aromatic amines is 1. The fourth-order valence-corrected chi connectivity index (χ4v) is 4.64. The Balaban J connectivity index is 1.29. The van der Waals surface area contributed by atoms with E-state index in [1.54, 1.807) is 4.90 Å². The minimum Gasteiger partial charge on any atom is -0.444 e. The molecule has 3 aromatic rings. The van der Waals surface area contributed by atoms with Crippen molar-refractivity contribution in [1.82, 2.24) is 20.1 Å². The monoisotopic (exact) mass is 460 g/mol. The summed E-state index contributed by atoms with van der Waals surface area (Å²) in [6.45, 7) is 9.04. The summed E-state index contributed by atoms with van der Waals surface area (Å²) >= 11 is 0. The van der Waals surface area contributed by atoms with Crippen molar-refractivity contribution in [3.8, 4) is 0 Å². The molecule has 1 aromatic carbocycles. The Kier molecular flexibility index (Phi) is 5.67. The minimum atomic E-state index is -0.481. The van der Waals surface area contributed by atoms with E-state index in [4.69, 9.17) is 4.74 Å². The molecule has 0 saturated heterocycles. The molecule has 1 atom stereocenters. The van der Waals surface area contributed by atoms with Crippen LogP contribution in [0, 0.1) is 0 Å². The van der Waals surface area contributed by atoms with Gasteiger partial charge in [0, 0.05) is 53.7 Å². The van der Waals surface area contributed by atoms with E-state index in [0.29, 0.717) is 13.1 Å². The smallest absolute Gasteiger partial charge is 0.410 e. The van der Waals surface area contributed by atoms with Gasteiger partial charge in [0.25, 0.3) is 0 Å². The molecule has 3 N–H and O–H groups in total. The largest absolute Gasteiger partial charge is 0.444 e. The van der Waals surface area contributed by atoms with Crippen LogP contribution in [0.25, 0.3) is 10.9 Å². The van der Waals surface area contributed by atoms with Gasteiger partial charge in [0.1, 0.15) is 11.4 Å². The van der Waals surface area contributed by atoms with Crippen LogP contribution in [0.15, 0.2) is 42.1 Å². The van der Waals surface area contributed by atoms with Crippen LogP contribution < -0.4 is 10.6 Å². The van der Waals surface area contributed by atoms with E-state index in [0.717, 1.165) is 53.1 Å². The number of amides is 1. The molecule has 0 spiro atoms. The molecule has 34 heavy (non-hydrogen) atoms. The van der Waals surface area contributed by atoms with Crippen LogP contribution in [0.2, 0.25) is 0 Å². The first-order chi connectivity index (χ1) is 16.3. The molecule has 5 rings (SSSR count). The van der Waals surface area contributed by atoms with Crippen molar-refractivity contribution in [3.63, 3.8) is 0 Å². The van der Waals surface area contributed by atoms with Crippen LogP contribution in [0.1, 0.15) is 45.4 Å². The van der Waals surface area contributed by atoms with Crippen LogP contribution >= 0.6 is 0 Å². The molecule has 2 aliphatic rings. The van der Waals surface area contributed by atoms with E-state index in [-0.39, 0.29) is 12.1 Å². The molecule has 2 aromatic heterocycles. The van der Waals surface area contributed by atoms with Crippen molar-refractivity contribution in [3.05, 3.63) is 53.4 Å². The molecule has 1 unspecified atom stereocenters. The van der Waals surface area contributed by atoms with Gasteiger partial charge in [-0.2, -0.15) is 5.10 Å². The fraction of sp³-hybridized carbons (Fsp3) is 0.423. The molecular weight excluding hydrogens is 428 g/mol. The van der Waals surface area contributed by atoms with Crippen LogP contribution in [-0.4, -0.2) is 50.9 Å². The van der Waals surface area contributed by atoms with Crippen molar-refractivity contribution >= 4 is 34.2 Å². The Morgan fingerprint density at radius 3 is 2.88 bits per heavy atom. The summed E-state index contributed by atoms with van der Waals surface area (Å²) in [6.07, 6.45) is 6.34. The van der Waals surface area contributed by atoms with Gasteiger partial charge in [-0.3, -0.25) is 5.10 Å². The number of carbonyl (C=O) groups is 1. The standard InChI is InChI=1S/C26H32N6O2/c1-5-20-18-14-17(6-7-22(18)31-30-20)28-21-8-11-27-24-19(21)15-23(29-24)16-9-12-32(13-10-16)25(33)34-26(2,3)4/h6-9,11,14,23H,5,10,12-13,15H2,1-4H3,(H,30,31)(H2,27,28,29). The highest BCUT2D eigenvalue weighted by molar-refractivity contribution is 5.86. The van der Waals surface area contributed by atoms with Gasteiger partial charge in [-0.25, -0.2) is 9.78 Å². The van der Waals surface area contributed by atoms with E-state index in [1.807, 2.05) is 39.1 Å². The average Bonchev–Trinajstić information content (AvgIpc) is 3.42. The molecule has 1 amide bonds. The number of hydrogen-bond donors (Lipinski definition) is 3. The van der Waals surface area contributed by atoms with Crippen molar-refractivity contribution in [2.75, 3.05) is 23.7 Å². The van der Waals surface area contributed by atoms with E-state index < -0.39 is 5.60 Å². The summed E-state index contributed by atoms with van der Waals surface area (Å²) < 4.78 is 5.51. The summed E-state index contributed by atoms with van der Waals surface area (Å²) in [7, 11) is 0. The maximum Gasteiger partial charge on any atom is 0.410 e. The minimum absolute atomic E-state index is 0.189. The number of anilines is 3. The highest BCUT2D eigenvalue weighted by Gasteiger charge is 2.30. The Morgan fingerprint density at radius 1 is 1.29 bits per heavy atom. The first kappa shape index (κ1) is 22.3. The summed E-state index contributed by atoms with van der Waals surface area (Å²) in [5, 5.41) is 15.8. The molecule has 8 nitrogen and oxygen atoms in total. The van der Waals surface area contributed by atoms with Crippen LogP contribution in [0.5, 0.6) is 0 Å². The predicted molar refractivity (Wildman–Crippen MR) is 135 cm³/mol. The lowest BCUT2D eigenvalue weighted by atomic mass is 9.97. The van der Waals surface area contributed by atoms with E-state index in [1.165, 1.54) is 11.1 Å². The molecule has 8 heteroatoms. The zero-order chi connectivity index (χ0) is 23.9. The zero-order valence-corrected chi connectivity index (χ0v) is 20.2. The van der Waals surface area contributed by atoms with Gasteiger partial charge < -0.3 is 20.3 Å². The molecule has 0 saturated carbocycles. The first-order valence-electron chi connectivity index (χ1n) is 12.0. The van der Waals surface area contributed by atoms with Crippen LogP contribution in [-0.2, 0) is 17.6 Å². The third kappa shape index (κ3) is 4.44. The Bertz CT molecular complexity index is 1260. The number of rotatable bonds is 4. The molecule has 2 aliphatic heterocycles. The maximum absolute atomic E-state index is 12.4. The first-order valence-corrected chi connectivity index (χ1v) is 12.0. The lowest BCUT2D eigenvalue weighted by Crippen LogP contribution is -2.40. The summed E-state index contributed by atoms with van der Waals surface area (Å²) in [5.74, 6) is 0.920. The number of nitrogens with zero attached hydrogens (tertiary/aromatic N) is 3. The zero-order valence-electron chi connectivity index (χ0n) is 20.2. The predicted octanol–water partition coefficient (Wildman–Crippen LogP) is 5.17. The number of carbonyl (C=O) groups excluding carboxylic acids is 1. The second-order valence-corrected chi connectivity index (χ2v) is 9.95. The number of nitrogens with one attached hydrogen (secondary N) is 3. The van der Waals surface area contributed by atoms with E-state index in [2.05, 4.69) is 50.9 Å². The normalized spacial score (nSPS) is 17.8. The molecule has 0 radical (unpaired) electrons. The topological polar surface area (TPSA) is 95.2 Å². The Hall–Kier alpha value is -3.55. The van der Waals surface area contributed by atoms with Crippen molar-refractivity contribution in [2.24, 2.45) is 0 Å². The average molecular weight is 461 g/mol. The quantitative estimate of drug-likeness (QED) is 0.465. The summed E-state index contributed by atoms with van der Waals surface area (Å²) in [5.41, 5.74) is 6.24. The number of ether oxygens (including phenoxy) is 1. The number of H-pyrrole nitrogens is 1. The van der Waals surface area contributed by atoms with Gasteiger partial charge in [-0.15, -0.1) is 0 Å². The number of hydrogen-bond acceptors (Lipinski definition) is 6. The third-order valence-corrected chi connectivity index (χ3v) is 6.38. The molecule has 0 aliphatic carbocycles. The number of benzene rings is 1. The Morgan fingerprint density at radius 2 is 2.15 bits per heavy atom. The third-order valence-electron chi connectivity index (χ3n) is 6.38. The molecule has 0 bridgehead atoms. The van der Waals surface area contributed by atoms with Crippen LogP contribution in [0.3, 0.4) is 0 Å². The maximum atomic E-state index is 12.4. The second kappa shape index (κ2) is 8.66. The van der Waals surface area contributed by atoms with Gasteiger partial charge in [0.2, 0.25) is 0 Å². The number of pyridine rings is 1. The number of aromatic nitrogens is 3. The van der Waals surface area contributed by atoms with Crippen molar-refractivity contribution in [1.29, 1.82) is 0 Å². The number of aryl methyl sites for hydroxylation is 1. The van der Waals surface area contributed by atoms with Crippen molar-refractivity contribution in [2.45, 2.75) is 58.6 Å². The lowest BCUT2D eigenvalue weighted by Gasteiger charge is -2.31. The molecule has 0 fully saturated rings. The fourth-order valence-electron chi connectivity index (χ4n) is 4.64.